The second-order valence-corrected chi connectivity index (χ2v) is 5.76. The highest BCUT2D eigenvalue weighted by molar-refractivity contribution is 9.10. The van der Waals surface area contributed by atoms with Crippen LogP contribution in [0.4, 0.5) is 8.78 Å². The lowest BCUT2D eigenvalue weighted by Crippen LogP contribution is -2.20. The third-order valence-electron chi connectivity index (χ3n) is 3.24. The number of rotatable bonds is 4. The van der Waals surface area contributed by atoms with Gasteiger partial charge in [-0.25, -0.2) is 8.78 Å². The van der Waals surface area contributed by atoms with Gasteiger partial charge in [0.05, 0.1) is 0 Å². The van der Waals surface area contributed by atoms with Gasteiger partial charge in [0.25, 0.3) is 0 Å². The summed E-state index contributed by atoms with van der Waals surface area (Å²) in [6.07, 6.45) is 0.521. The third kappa shape index (κ3) is 3.64. The van der Waals surface area contributed by atoms with Crippen molar-refractivity contribution in [3.8, 4) is 0 Å². The van der Waals surface area contributed by atoms with Gasteiger partial charge in [0.15, 0.2) is 0 Å². The molecule has 0 aliphatic heterocycles. The van der Waals surface area contributed by atoms with Crippen LogP contribution in [0.15, 0.2) is 40.9 Å². The lowest BCUT2D eigenvalue weighted by atomic mass is 9.97. The van der Waals surface area contributed by atoms with E-state index in [9.17, 15) is 8.78 Å². The van der Waals surface area contributed by atoms with Crippen molar-refractivity contribution in [2.75, 3.05) is 7.05 Å². The summed E-state index contributed by atoms with van der Waals surface area (Å²) in [7, 11) is 1.78. The molecule has 2 aromatic rings. The molecule has 0 aliphatic carbocycles. The van der Waals surface area contributed by atoms with Gasteiger partial charge in [-0.05, 0) is 50.2 Å². The Balaban J connectivity index is 2.31. The average Bonchev–Trinajstić information content (AvgIpc) is 2.38. The zero-order valence-corrected chi connectivity index (χ0v) is 13.0. The van der Waals surface area contributed by atoms with Crippen LogP contribution in [0.3, 0.4) is 0 Å². The molecule has 106 valence electrons. The zero-order chi connectivity index (χ0) is 14.7. The Hall–Kier alpha value is -1.26. The molecule has 0 fully saturated rings. The molecule has 0 spiro atoms. The highest BCUT2D eigenvalue weighted by atomic mass is 79.9. The van der Waals surface area contributed by atoms with Crippen LogP contribution < -0.4 is 5.32 Å². The van der Waals surface area contributed by atoms with Crippen molar-refractivity contribution < 1.29 is 8.78 Å². The van der Waals surface area contributed by atoms with Crippen molar-refractivity contribution in [3.05, 3.63) is 69.2 Å². The van der Waals surface area contributed by atoms with E-state index < -0.39 is 0 Å². The summed E-state index contributed by atoms with van der Waals surface area (Å²) >= 11 is 3.27. The lowest BCUT2D eigenvalue weighted by Gasteiger charge is -2.18. The standard InChI is InChI=1S/C16H16BrF2N/c1-10-3-4-15(19)14(5-10)16(20-2)8-11-6-12(17)9-13(18)7-11/h3-7,9,16,20H,8H2,1-2H3. The van der Waals surface area contributed by atoms with Gasteiger partial charge >= 0.3 is 0 Å². The molecular weight excluding hydrogens is 324 g/mol. The molecule has 1 unspecified atom stereocenters. The summed E-state index contributed by atoms with van der Waals surface area (Å²) in [5.74, 6) is -0.542. The van der Waals surface area contributed by atoms with Crippen molar-refractivity contribution in [3.63, 3.8) is 0 Å². The molecule has 0 saturated carbocycles. The number of likely N-dealkylation sites (N-methyl/N-ethyl adjacent to an activating group) is 1. The molecule has 1 nitrogen and oxygen atoms in total. The van der Waals surface area contributed by atoms with Gasteiger partial charge in [0.1, 0.15) is 11.6 Å². The minimum atomic E-state index is -0.297. The molecule has 2 rings (SSSR count). The first-order valence-corrected chi connectivity index (χ1v) is 7.17. The van der Waals surface area contributed by atoms with Crippen molar-refractivity contribution in [1.82, 2.24) is 5.32 Å². The first-order valence-electron chi connectivity index (χ1n) is 6.38. The Kier molecular flexibility index (Phi) is 4.89. The highest BCUT2D eigenvalue weighted by Crippen LogP contribution is 2.24. The molecule has 1 N–H and O–H groups in total. The van der Waals surface area contributed by atoms with Crippen molar-refractivity contribution in [1.29, 1.82) is 0 Å². The molecule has 1 atom stereocenters. The van der Waals surface area contributed by atoms with Crippen molar-refractivity contribution >= 4 is 15.9 Å². The zero-order valence-electron chi connectivity index (χ0n) is 11.4. The Bertz CT molecular complexity index is 593. The predicted molar refractivity (Wildman–Crippen MR) is 80.7 cm³/mol. The maximum atomic E-state index is 13.9. The number of benzene rings is 2. The number of hydrogen-bond acceptors (Lipinski definition) is 1. The van der Waals surface area contributed by atoms with E-state index in [-0.39, 0.29) is 17.7 Å². The number of aryl methyl sites for hydroxylation is 1. The van der Waals surface area contributed by atoms with E-state index in [2.05, 4.69) is 21.2 Å². The summed E-state index contributed by atoms with van der Waals surface area (Å²) < 4.78 is 28.0. The monoisotopic (exact) mass is 339 g/mol. The van der Waals surface area contributed by atoms with Crippen LogP contribution in [0.2, 0.25) is 0 Å². The molecule has 0 radical (unpaired) electrons. The minimum Gasteiger partial charge on any atom is -0.313 e. The molecule has 2 aromatic carbocycles. The quantitative estimate of drug-likeness (QED) is 0.862. The van der Waals surface area contributed by atoms with Crippen LogP contribution in [0.1, 0.15) is 22.7 Å². The fourth-order valence-electron chi connectivity index (χ4n) is 2.26. The smallest absolute Gasteiger partial charge is 0.128 e. The van der Waals surface area contributed by atoms with E-state index >= 15 is 0 Å². The van der Waals surface area contributed by atoms with Crippen LogP contribution in [0, 0.1) is 18.6 Å². The Morgan fingerprint density at radius 3 is 2.55 bits per heavy atom. The Morgan fingerprint density at radius 1 is 1.15 bits per heavy atom. The van der Waals surface area contributed by atoms with Gasteiger partial charge < -0.3 is 5.32 Å². The summed E-state index contributed by atoms with van der Waals surface area (Å²) in [5.41, 5.74) is 2.42. The Labute approximate surface area is 126 Å². The SMILES string of the molecule is CNC(Cc1cc(F)cc(Br)c1)c1cc(C)ccc1F. The molecule has 0 heterocycles. The van der Waals surface area contributed by atoms with Crippen molar-refractivity contribution in [2.24, 2.45) is 0 Å². The van der Waals surface area contributed by atoms with Crippen molar-refractivity contribution in [2.45, 2.75) is 19.4 Å². The second-order valence-electron chi connectivity index (χ2n) is 4.85. The number of hydrogen-bond donors (Lipinski definition) is 1. The van der Waals surface area contributed by atoms with Crippen LogP contribution in [-0.2, 0) is 6.42 Å². The third-order valence-corrected chi connectivity index (χ3v) is 3.70. The van der Waals surface area contributed by atoms with Gasteiger partial charge in [0, 0.05) is 16.1 Å². The summed E-state index contributed by atoms with van der Waals surface area (Å²) in [5, 5.41) is 3.10. The molecule has 0 amide bonds. The first kappa shape index (κ1) is 15.1. The minimum absolute atomic E-state index is 0.191. The molecule has 0 saturated heterocycles. The molecule has 0 aromatic heterocycles. The number of nitrogens with one attached hydrogen (secondary N) is 1. The number of halogens is 3. The van der Waals surface area contributed by atoms with Gasteiger partial charge in [-0.2, -0.15) is 0 Å². The largest absolute Gasteiger partial charge is 0.313 e. The van der Waals surface area contributed by atoms with Gasteiger partial charge in [0.2, 0.25) is 0 Å². The van der Waals surface area contributed by atoms with E-state index in [1.807, 2.05) is 19.1 Å². The van der Waals surface area contributed by atoms with E-state index in [0.29, 0.717) is 16.5 Å². The first-order chi connectivity index (χ1) is 9.49. The summed E-state index contributed by atoms with van der Waals surface area (Å²) in [6.45, 7) is 1.93. The normalized spacial score (nSPS) is 12.4. The second kappa shape index (κ2) is 6.46. The summed E-state index contributed by atoms with van der Waals surface area (Å²) in [4.78, 5) is 0. The fourth-order valence-corrected chi connectivity index (χ4v) is 2.77. The maximum Gasteiger partial charge on any atom is 0.128 e. The van der Waals surface area contributed by atoms with E-state index in [1.165, 1.54) is 18.2 Å². The van der Waals surface area contributed by atoms with E-state index in [1.54, 1.807) is 13.1 Å². The molecule has 4 heteroatoms. The van der Waals surface area contributed by atoms with Crippen LogP contribution in [-0.4, -0.2) is 7.05 Å². The van der Waals surface area contributed by atoms with E-state index in [4.69, 9.17) is 0 Å². The molecule has 0 bridgehead atoms. The molecule has 20 heavy (non-hydrogen) atoms. The lowest BCUT2D eigenvalue weighted by molar-refractivity contribution is 0.531. The van der Waals surface area contributed by atoms with E-state index in [0.717, 1.165) is 11.1 Å². The topological polar surface area (TPSA) is 12.0 Å². The van der Waals surface area contributed by atoms with Crippen LogP contribution >= 0.6 is 15.9 Å². The van der Waals surface area contributed by atoms with Crippen LogP contribution in [0.25, 0.3) is 0 Å². The van der Waals surface area contributed by atoms with Crippen LogP contribution in [0.5, 0.6) is 0 Å². The Morgan fingerprint density at radius 2 is 1.90 bits per heavy atom. The van der Waals surface area contributed by atoms with Gasteiger partial charge in [-0.15, -0.1) is 0 Å². The maximum absolute atomic E-state index is 13.9. The average molecular weight is 340 g/mol. The molecule has 0 aliphatic rings. The highest BCUT2D eigenvalue weighted by Gasteiger charge is 2.15. The predicted octanol–water partition coefficient (Wildman–Crippen LogP) is 4.54. The van der Waals surface area contributed by atoms with Gasteiger partial charge in [-0.1, -0.05) is 33.6 Å². The molecular formula is C16H16BrF2N. The fraction of sp³-hybridized carbons (Fsp3) is 0.250. The summed E-state index contributed by atoms with van der Waals surface area (Å²) in [6, 6.07) is 9.57. The van der Waals surface area contributed by atoms with Gasteiger partial charge in [-0.3, -0.25) is 0 Å².